The molecular weight excluding hydrogens is 284 g/mol. The molecule has 1 aromatic carbocycles. The Morgan fingerprint density at radius 2 is 1.70 bits per heavy atom. The molecule has 0 saturated heterocycles. The number of pyridine rings is 1. The van der Waals surface area contributed by atoms with Crippen LogP contribution in [-0.2, 0) is 12.8 Å². The highest BCUT2D eigenvalue weighted by Gasteiger charge is 2.16. The number of fused-ring (bicyclic) bond motifs is 1. The third-order valence-corrected chi connectivity index (χ3v) is 4.80. The highest BCUT2D eigenvalue weighted by Crippen LogP contribution is 2.28. The molecule has 3 rings (SSSR count). The van der Waals surface area contributed by atoms with Crippen molar-refractivity contribution in [3.63, 3.8) is 0 Å². The molecule has 1 aromatic heterocycles. The zero-order valence-corrected chi connectivity index (χ0v) is 14.3. The molecule has 0 aliphatic heterocycles. The second-order valence-electron chi connectivity index (χ2n) is 6.92. The van der Waals surface area contributed by atoms with Crippen LogP contribution in [0.3, 0.4) is 0 Å². The Kier molecular flexibility index (Phi) is 4.40. The Balaban J connectivity index is 2.16. The average Bonchev–Trinajstić information content (AvgIpc) is 2.53. The van der Waals surface area contributed by atoms with E-state index < -0.39 is 0 Å². The van der Waals surface area contributed by atoms with Crippen LogP contribution in [-0.4, -0.2) is 4.57 Å². The van der Waals surface area contributed by atoms with Crippen LogP contribution in [0, 0.1) is 0 Å². The minimum Gasteiger partial charge on any atom is -0.324 e. The molecule has 3 heteroatoms. The van der Waals surface area contributed by atoms with Gasteiger partial charge in [0.1, 0.15) is 0 Å². The molecule has 0 amide bonds. The van der Waals surface area contributed by atoms with Crippen molar-refractivity contribution >= 4 is 0 Å². The highest BCUT2D eigenvalue weighted by atomic mass is 16.1. The molecule has 3 nitrogen and oxygen atoms in total. The van der Waals surface area contributed by atoms with Crippen molar-refractivity contribution in [1.29, 1.82) is 0 Å². The van der Waals surface area contributed by atoms with Crippen LogP contribution >= 0.6 is 0 Å². The monoisotopic (exact) mass is 310 g/mol. The Bertz CT molecular complexity index is 772. The minimum atomic E-state index is -0.245. The van der Waals surface area contributed by atoms with E-state index in [1.54, 1.807) is 0 Å². The maximum absolute atomic E-state index is 12.8. The van der Waals surface area contributed by atoms with Gasteiger partial charge in [0.05, 0.1) is 5.69 Å². The largest absolute Gasteiger partial charge is 0.324 e. The number of nitrogens with zero attached hydrogens (tertiary/aromatic N) is 1. The zero-order chi connectivity index (χ0) is 16.6. The summed E-state index contributed by atoms with van der Waals surface area (Å²) in [4.78, 5) is 12.8. The van der Waals surface area contributed by atoms with E-state index in [1.807, 2.05) is 37.5 Å². The summed E-state index contributed by atoms with van der Waals surface area (Å²) in [6.07, 6.45) is 4.87. The molecule has 0 spiro atoms. The van der Waals surface area contributed by atoms with Gasteiger partial charge in [-0.2, -0.15) is 0 Å². The lowest BCUT2D eigenvalue weighted by Crippen LogP contribution is -2.29. The van der Waals surface area contributed by atoms with Crippen molar-refractivity contribution in [2.24, 2.45) is 5.73 Å². The summed E-state index contributed by atoms with van der Waals surface area (Å²) in [6, 6.07) is 10.5. The topological polar surface area (TPSA) is 48.0 Å². The Labute approximate surface area is 138 Å². The van der Waals surface area contributed by atoms with E-state index >= 15 is 0 Å². The number of hydrogen-bond donors (Lipinski definition) is 1. The predicted octanol–water partition coefficient (Wildman–Crippen LogP) is 3.99. The van der Waals surface area contributed by atoms with Gasteiger partial charge in [-0.05, 0) is 81.3 Å². The van der Waals surface area contributed by atoms with Crippen LogP contribution in [0.25, 0.3) is 11.3 Å². The van der Waals surface area contributed by atoms with E-state index in [0.29, 0.717) is 5.56 Å². The molecule has 122 valence electrons. The lowest BCUT2D eigenvalue weighted by molar-refractivity contribution is 0.574. The zero-order valence-electron chi connectivity index (χ0n) is 14.3. The summed E-state index contributed by atoms with van der Waals surface area (Å²) in [5.74, 6) is 0. The van der Waals surface area contributed by atoms with Gasteiger partial charge in [-0.3, -0.25) is 4.79 Å². The summed E-state index contributed by atoms with van der Waals surface area (Å²) in [5.41, 5.74) is 11.7. The van der Waals surface area contributed by atoms with Gasteiger partial charge in [0.25, 0.3) is 5.56 Å². The van der Waals surface area contributed by atoms with Gasteiger partial charge in [-0.15, -0.1) is 0 Å². The van der Waals surface area contributed by atoms with Crippen LogP contribution in [0.2, 0.25) is 0 Å². The number of nitrogens with two attached hydrogens (primary N) is 1. The second kappa shape index (κ2) is 6.32. The summed E-state index contributed by atoms with van der Waals surface area (Å²) in [6.45, 7) is 5.96. The normalized spacial score (nSPS) is 15.5. The van der Waals surface area contributed by atoms with Crippen molar-refractivity contribution in [1.82, 2.24) is 4.57 Å². The molecule has 23 heavy (non-hydrogen) atoms. The summed E-state index contributed by atoms with van der Waals surface area (Å²) in [5, 5.41) is 0. The molecule has 0 fully saturated rings. The molecule has 2 N–H and O–H groups in total. The summed E-state index contributed by atoms with van der Waals surface area (Å²) >= 11 is 0. The van der Waals surface area contributed by atoms with Crippen LogP contribution in [0.1, 0.15) is 62.4 Å². The number of rotatable bonds is 3. The number of benzene rings is 1. The summed E-state index contributed by atoms with van der Waals surface area (Å²) in [7, 11) is 0. The molecule has 1 unspecified atom stereocenters. The number of aryl methyl sites for hydroxylation is 2. The van der Waals surface area contributed by atoms with E-state index in [4.69, 9.17) is 5.73 Å². The number of aromatic nitrogens is 1. The standard InChI is InChI=1S/C20H26N2O/c1-13(2)22-19(11-10-18(14(3)21)20(22)23)17-9-8-15-6-4-5-7-16(15)12-17/h8-14H,4-7,21H2,1-3H3. The quantitative estimate of drug-likeness (QED) is 0.931. The first-order valence-electron chi connectivity index (χ1n) is 8.62. The van der Waals surface area contributed by atoms with Gasteiger partial charge in [0.15, 0.2) is 0 Å². The third kappa shape index (κ3) is 2.98. The lowest BCUT2D eigenvalue weighted by Gasteiger charge is -2.21. The Hall–Kier alpha value is -1.87. The Morgan fingerprint density at radius 1 is 1.00 bits per heavy atom. The molecule has 0 bridgehead atoms. The molecule has 1 aliphatic carbocycles. The van der Waals surface area contributed by atoms with Crippen molar-refractivity contribution in [2.75, 3.05) is 0 Å². The van der Waals surface area contributed by atoms with Crippen LogP contribution in [0.4, 0.5) is 0 Å². The Morgan fingerprint density at radius 3 is 2.35 bits per heavy atom. The smallest absolute Gasteiger partial charge is 0.256 e. The minimum absolute atomic E-state index is 0.0326. The van der Waals surface area contributed by atoms with Crippen molar-refractivity contribution < 1.29 is 0 Å². The van der Waals surface area contributed by atoms with Gasteiger partial charge in [-0.1, -0.05) is 12.1 Å². The molecule has 2 aromatic rings. The molecule has 1 heterocycles. The van der Waals surface area contributed by atoms with Crippen LogP contribution in [0.5, 0.6) is 0 Å². The second-order valence-corrected chi connectivity index (χ2v) is 6.92. The molecule has 0 radical (unpaired) electrons. The number of hydrogen-bond acceptors (Lipinski definition) is 2. The molecule has 1 atom stereocenters. The lowest BCUT2D eigenvalue weighted by atomic mass is 9.89. The van der Waals surface area contributed by atoms with Crippen molar-refractivity contribution in [3.8, 4) is 11.3 Å². The van der Waals surface area contributed by atoms with Crippen LogP contribution in [0.15, 0.2) is 35.1 Å². The molecule has 0 saturated carbocycles. The van der Waals surface area contributed by atoms with Gasteiger partial charge < -0.3 is 10.3 Å². The fourth-order valence-electron chi connectivity index (χ4n) is 3.56. The van der Waals surface area contributed by atoms with Gasteiger partial charge in [-0.25, -0.2) is 0 Å². The highest BCUT2D eigenvalue weighted by molar-refractivity contribution is 5.62. The van der Waals surface area contributed by atoms with Gasteiger partial charge >= 0.3 is 0 Å². The van der Waals surface area contributed by atoms with Gasteiger partial charge in [0.2, 0.25) is 0 Å². The fourth-order valence-corrected chi connectivity index (χ4v) is 3.56. The SMILES string of the molecule is CC(N)c1ccc(-c2ccc3c(c2)CCCC3)n(C(C)C)c1=O. The molecular formula is C20H26N2O. The maximum atomic E-state index is 12.8. The first-order chi connectivity index (χ1) is 11.0. The first kappa shape index (κ1) is 16.0. The third-order valence-electron chi connectivity index (χ3n) is 4.80. The van der Waals surface area contributed by atoms with E-state index in [-0.39, 0.29) is 17.6 Å². The van der Waals surface area contributed by atoms with Crippen molar-refractivity contribution in [3.05, 3.63) is 57.4 Å². The molecule has 1 aliphatic rings. The van der Waals surface area contributed by atoms with Gasteiger partial charge in [0, 0.05) is 17.6 Å². The first-order valence-corrected chi connectivity index (χ1v) is 8.62. The van der Waals surface area contributed by atoms with E-state index in [0.717, 1.165) is 17.7 Å². The van der Waals surface area contributed by atoms with Crippen LogP contribution < -0.4 is 11.3 Å². The summed E-state index contributed by atoms with van der Waals surface area (Å²) < 4.78 is 1.88. The average molecular weight is 310 g/mol. The fraction of sp³-hybridized carbons (Fsp3) is 0.450. The van der Waals surface area contributed by atoms with E-state index in [2.05, 4.69) is 18.2 Å². The maximum Gasteiger partial charge on any atom is 0.256 e. The predicted molar refractivity (Wildman–Crippen MR) is 95.8 cm³/mol. The van der Waals surface area contributed by atoms with E-state index in [9.17, 15) is 4.79 Å². The van der Waals surface area contributed by atoms with E-state index in [1.165, 1.54) is 30.4 Å². The van der Waals surface area contributed by atoms with Crippen molar-refractivity contribution in [2.45, 2.75) is 58.5 Å².